The molecule has 4 aromatic rings. The lowest BCUT2D eigenvalue weighted by atomic mass is 10.2. The summed E-state index contributed by atoms with van der Waals surface area (Å²) in [5.74, 6) is 0.0853. The second kappa shape index (κ2) is 5.50. The quantitative estimate of drug-likeness (QED) is 0.411. The normalized spacial score (nSPS) is 11.7. The standard InChI is InChI=1S/C16H11N5O2S/c1-10-14(22)20(17-9-11-5-4-8-24-11)16-18-13-7-3-2-6-12(13)15(23)21(16)19-10/h2-9H,1H3/b17-9+. The molecule has 0 spiro atoms. The third-order valence-electron chi connectivity index (χ3n) is 3.52. The number of aryl methyl sites for hydroxylation is 1. The third-order valence-corrected chi connectivity index (χ3v) is 4.33. The van der Waals surface area contributed by atoms with Crippen LogP contribution in [0.4, 0.5) is 0 Å². The van der Waals surface area contributed by atoms with Crippen molar-refractivity contribution in [1.29, 1.82) is 0 Å². The number of fused-ring (bicyclic) bond motifs is 2. The summed E-state index contributed by atoms with van der Waals surface area (Å²) < 4.78 is 2.22. The zero-order valence-electron chi connectivity index (χ0n) is 12.6. The molecule has 4 rings (SSSR count). The van der Waals surface area contributed by atoms with Gasteiger partial charge in [-0.15, -0.1) is 11.3 Å². The SMILES string of the molecule is Cc1nn2c(=O)c3ccccc3nc2n(/N=C/c2cccs2)c1=O. The van der Waals surface area contributed by atoms with Crippen LogP contribution < -0.4 is 11.1 Å². The minimum Gasteiger partial charge on any atom is -0.267 e. The topological polar surface area (TPSA) is 81.6 Å². The maximum Gasteiger partial charge on any atom is 0.297 e. The molecule has 0 bridgehead atoms. The van der Waals surface area contributed by atoms with Crippen LogP contribution in [0.1, 0.15) is 10.6 Å². The molecule has 0 saturated heterocycles. The van der Waals surface area contributed by atoms with E-state index in [2.05, 4.69) is 15.2 Å². The van der Waals surface area contributed by atoms with Crippen molar-refractivity contribution < 1.29 is 0 Å². The van der Waals surface area contributed by atoms with Gasteiger partial charge in [0.15, 0.2) is 0 Å². The van der Waals surface area contributed by atoms with Crippen LogP contribution in [0.5, 0.6) is 0 Å². The maximum absolute atomic E-state index is 12.6. The van der Waals surface area contributed by atoms with Gasteiger partial charge >= 0.3 is 0 Å². The fraction of sp³-hybridized carbons (Fsp3) is 0.0625. The molecule has 8 heteroatoms. The Kier molecular flexibility index (Phi) is 3.31. The number of nitrogens with zero attached hydrogens (tertiary/aromatic N) is 5. The lowest BCUT2D eigenvalue weighted by Gasteiger charge is -2.07. The predicted octanol–water partition coefficient (Wildman–Crippen LogP) is 1.66. The van der Waals surface area contributed by atoms with Crippen molar-refractivity contribution in [3.05, 3.63) is 73.1 Å². The molecular weight excluding hydrogens is 326 g/mol. The Morgan fingerprint density at radius 3 is 2.75 bits per heavy atom. The molecule has 7 nitrogen and oxygen atoms in total. The van der Waals surface area contributed by atoms with E-state index >= 15 is 0 Å². The maximum atomic E-state index is 12.6. The Hall–Kier alpha value is -3.13. The molecule has 0 aliphatic rings. The molecule has 0 amide bonds. The predicted molar refractivity (Wildman–Crippen MR) is 93.1 cm³/mol. The second-order valence-electron chi connectivity index (χ2n) is 5.11. The van der Waals surface area contributed by atoms with Crippen molar-refractivity contribution in [1.82, 2.24) is 19.3 Å². The highest BCUT2D eigenvalue weighted by atomic mass is 32.1. The van der Waals surface area contributed by atoms with E-state index < -0.39 is 5.56 Å². The number of rotatable bonds is 2. The van der Waals surface area contributed by atoms with E-state index in [1.165, 1.54) is 11.3 Å². The summed E-state index contributed by atoms with van der Waals surface area (Å²) in [6, 6.07) is 10.7. The average molecular weight is 337 g/mol. The van der Waals surface area contributed by atoms with Crippen LogP contribution in [0.2, 0.25) is 0 Å². The van der Waals surface area contributed by atoms with E-state index in [0.717, 1.165) is 14.1 Å². The van der Waals surface area contributed by atoms with E-state index in [0.29, 0.717) is 10.9 Å². The van der Waals surface area contributed by atoms with Gasteiger partial charge in [-0.1, -0.05) is 18.2 Å². The molecule has 0 radical (unpaired) electrons. The minimum absolute atomic E-state index is 0.0853. The highest BCUT2D eigenvalue weighted by Crippen LogP contribution is 2.08. The Bertz CT molecular complexity index is 1210. The van der Waals surface area contributed by atoms with Crippen LogP contribution in [0.3, 0.4) is 0 Å². The van der Waals surface area contributed by atoms with Crippen LogP contribution >= 0.6 is 11.3 Å². The molecule has 0 atom stereocenters. The Morgan fingerprint density at radius 1 is 1.12 bits per heavy atom. The summed E-state index contributed by atoms with van der Waals surface area (Å²) in [6.45, 7) is 1.54. The van der Waals surface area contributed by atoms with E-state index in [9.17, 15) is 9.59 Å². The van der Waals surface area contributed by atoms with Crippen LogP contribution in [-0.2, 0) is 0 Å². The van der Waals surface area contributed by atoms with Gasteiger partial charge in [-0.25, -0.2) is 4.98 Å². The summed E-state index contributed by atoms with van der Waals surface area (Å²) >= 11 is 1.49. The van der Waals surface area contributed by atoms with Gasteiger partial charge in [-0.05, 0) is 30.5 Å². The van der Waals surface area contributed by atoms with Crippen molar-refractivity contribution in [3.63, 3.8) is 0 Å². The lowest BCUT2D eigenvalue weighted by Crippen LogP contribution is -2.30. The van der Waals surface area contributed by atoms with Crippen molar-refractivity contribution in [2.75, 3.05) is 0 Å². The fourth-order valence-electron chi connectivity index (χ4n) is 2.36. The summed E-state index contributed by atoms with van der Waals surface area (Å²) in [6.07, 6.45) is 1.56. The Morgan fingerprint density at radius 2 is 1.96 bits per heavy atom. The molecule has 118 valence electrons. The summed E-state index contributed by atoms with van der Waals surface area (Å²) in [5, 5.41) is 10.6. The number of benzene rings is 1. The second-order valence-corrected chi connectivity index (χ2v) is 6.09. The lowest BCUT2D eigenvalue weighted by molar-refractivity contribution is 0.717. The first-order valence-corrected chi connectivity index (χ1v) is 8.02. The molecule has 0 fully saturated rings. The Labute approximate surface area is 139 Å². The zero-order chi connectivity index (χ0) is 16.7. The van der Waals surface area contributed by atoms with Gasteiger partial charge in [0, 0.05) is 4.88 Å². The molecule has 0 aliphatic carbocycles. The first-order valence-electron chi connectivity index (χ1n) is 7.14. The van der Waals surface area contributed by atoms with E-state index in [1.54, 1.807) is 37.4 Å². The van der Waals surface area contributed by atoms with Crippen molar-refractivity contribution >= 4 is 34.2 Å². The van der Waals surface area contributed by atoms with Crippen LogP contribution in [0.15, 0.2) is 56.5 Å². The van der Waals surface area contributed by atoms with Gasteiger partial charge < -0.3 is 0 Å². The molecule has 1 aromatic carbocycles. The average Bonchev–Trinajstić information content (AvgIpc) is 3.10. The van der Waals surface area contributed by atoms with Gasteiger partial charge in [-0.2, -0.15) is 19.4 Å². The van der Waals surface area contributed by atoms with Gasteiger partial charge in [0.05, 0.1) is 17.1 Å². The van der Waals surface area contributed by atoms with Gasteiger partial charge in [0.1, 0.15) is 5.69 Å². The fourth-order valence-corrected chi connectivity index (χ4v) is 2.94. The zero-order valence-corrected chi connectivity index (χ0v) is 13.4. The molecule has 0 saturated carbocycles. The molecular formula is C16H11N5O2S. The van der Waals surface area contributed by atoms with Crippen molar-refractivity contribution in [3.8, 4) is 0 Å². The van der Waals surface area contributed by atoms with Crippen LogP contribution in [0.25, 0.3) is 16.7 Å². The summed E-state index contributed by atoms with van der Waals surface area (Å²) in [5.41, 5.74) is -0.0820. The number of hydrogen-bond donors (Lipinski definition) is 0. The van der Waals surface area contributed by atoms with Crippen molar-refractivity contribution in [2.45, 2.75) is 6.92 Å². The number of hydrogen-bond acceptors (Lipinski definition) is 6. The van der Waals surface area contributed by atoms with Crippen LogP contribution in [-0.4, -0.2) is 25.5 Å². The molecule has 0 aliphatic heterocycles. The first-order chi connectivity index (χ1) is 11.6. The largest absolute Gasteiger partial charge is 0.297 e. The van der Waals surface area contributed by atoms with E-state index in [1.807, 2.05) is 17.5 Å². The highest BCUT2D eigenvalue weighted by Gasteiger charge is 2.13. The molecule has 0 N–H and O–H groups in total. The van der Waals surface area contributed by atoms with Crippen LogP contribution in [0, 0.1) is 6.92 Å². The van der Waals surface area contributed by atoms with Gasteiger partial charge in [-0.3, -0.25) is 9.59 Å². The molecule has 0 unspecified atom stereocenters. The number of aromatic nitrogens is 4. The molecule has 3 heterocycles. The third kappa shape index (κ3) is 2.24. The first kappa shape index (κ1) is 14.5. The molecule has 3 aromatic heterocycles. The van der Waals surface area contributed by atoms with Gasteiger partial charge in [0.25, 0.3) is 16.9 Å². The summed E-state index contributed by atoms with van der Waals surface area (Å²) in [7, 11) is 0. The summed E-state index contributed by atoms with van der Waals surface area (Å²) in [4.78, 5) is 30.3. The van der Waals surface area contributed by atoms with Crippen molar-refractivity contribution in [2.24, 2.45) is 5.10 Å². The smallest absolute Gasteiger partial charge is 0.267 e. The molecule has 24 heavy (non-hydrogen) atoms. The Balaban J connectivity index is 2.09. The monoisotopic (exact) mass is 337 g/mol. The van der Waals surface area contributed by atoms with E-state index in [-0.39, 0.29) is 17.0 Å². The number of para-hydroxylation sites is 1. The van der Waals surface area contributed by atoms with Gasteiger partial charge in [0.2, 0.25) is 0 Å². The highest BCUT2D eigenvalue weighted by molar-refractivity contribution is 7.11. The number of thiophene rings is 1. The minimum atomic E-state index is -0.412. The van der Waals surface area contributed by atoms with E-state index in [4.69, 9.17) is 0 Å².